The molecule has 3 atom stereocenters. The Balaban J connectivity index is 2.11. The van der Waals surface area contributed by atoms with Crippen molar-refractivity contribution in [3.05, 3.63) is 65.7 Å². The molecule has 0 bridgehead atoms. The lowest BCUT2D eigenvalue weighted by atomic mass is 10.0. The first kappa shape index (κ1) is 27.1. The standard InChI is InChI=1S/C24H32N6O5/c25-18(13-15-5-2-1-3-6-15)21(32)30-20(14-16-8-10-17(31)11-9-16)22(33)29-19(23(34)35)7-4-12-28-24(26)27/h1-3,5-6,8-11,18-20,31H,4,7,12-14,25H2,(H,29,33)(H,30,32)(H,34,35)(H4,26,27,28). The highest BCUT2D eigenvalue weighted by Crippen LogP contribution is 2.12. The maximum atomic E-state index is 13.0. The van der Waals surface area contributed by atoms with Gasteiger partial charge in [-0.1, -0.05) is 42.5 Å². The summed E-state index contributed by atoms with van der Waals surface area (Å²) >= 11 is 0. The number of nitrogens with one attached hydrogen (secondary N) is 2. The number of aliphatic carboxylic acids is 1. The summed E-state index contributed by atoms with van der Waals surface area (Å²) in [6.45, 7) is 0.212. The summed E-state index contributed by atoms with van der Waals surface area (Å²) in [7, 11) is 0. The summed E-state index contributed by atoms with van der Waals surface area (Å²) in [6, 6.07) is 12.1. The quantitative estimate of drug-likeness (QED) is 0.113. The molecule has 0 spiro atoms. The summed E-state index contributed by atoms with van der Waals surface area (Å²) in [5.41, 5.74) is 18.1. The van der Waals surface area contributed by atoms with E-state index in [1.165, 1.54) is 12.1 Å². The highest BCUT2D eigenvalue weighted by Gasteiger charge is 2.28. The number of carbonyl (C=O) groups is 3. The van der Waals surface area contributed by atoms with Gasteiger partial charge in [0, 0.05) is 13.0 Å². The van der Waals surface area contributed by atoms with Crippen molar-refractivity contribution in [3.63, 3.8) is 0 Å². The molecule has 0 saturated carbocycles. The van der Waals surface area contributed by atoms with Gasteiger partial charge in [0.05, 0.1) is 6.04 Å². The normalized spacial score (nSPS) is 13.2. The van der Waals surface area contributed by atoms with Crippen molar-refractivity contribution in [3.8, 4) is 5.75 Å². The van der Waals surface area contributed by atoms with Gasteiger partial charge in [0.1, 0.15) is 17.8 Å². The van der Waals surface area contributed by atoms with E-state index in [9.17, 15) is 24.6 Å². The molecule has 35 heavy (non-hydrogen) atoms. The lowest BCUT2D eigenvalue weighted by molar-refractivity contribution is -0.142. The first-order valence-corrected chi connectivity index (χ1v) is 11.1. The Morgan fingerprint density at radius 1 is 0.857 bits per heavy atom. The van der Waals surface area contributed by atoms with Crippen LogP contribution in [0.3, 0.4) is 0 Å². The van der Waals surface area contributed by atoms with Gasteiger partial charge in [0.2, 0.25) is 11.8 Å². The van der Waals surface area contributed by atoms with Crippen molar-refractivity contribution in [1.29, 1.82) is 0 Å². The van der Waals surface area contributed by atoms with Crippen LogP contribution in [0.5, 0.6) is 5.75 Å². The Labute approximate surface area is 203 Å². The average Bonchev–Trinajstić information content (AvgIpc) is 2.82. The molecule has 0 saturated heterocycles. The molecule has 0 aliphatic heterocycles. The Bertz CT molecular complexity index is 1010. The second-order valence-corrected chi connectivity index (χ2v) is 8.08. The number of guanidine groups is 1. The van der Waals surface area contributed by atoms with Crippen molar-refractivity contribution in [2.45, 2.75) is 43.8 Å². The van der Waals surface area contributed by atoms with E-state index in [2.05, 4.69) is 15.6 Å². The minimum atomic E-state index is -1.22. The van der Waals surface area contributed by atoms with Crippen LogP contribution in [0.4, 0.5) is 0 Å². The molecule has 2 aromatic rings. The number of benzene rings is 2. The van der Waals surface area contributed by atoms with E-state index in [-0.39, 0.29) is 37.5 Å². The fourth-order valence-corrected chi connectivity index (χ4v) is 3.35. The SMILES string of the molecule is NC(N)=NCCCC(NC(=O)C(Cc1ccc(O)cc1)NC(=O)C(N)Cc1ccccc1)C(=O)O. The van der Waals surface area contributed by atoms with Crippen molar-refractivity contribution in [1.82, 2.24) is 10.6 Å². The minimum Gasteiger partial charge on any atom is -0.508 e. The number of amides is 2. The van der Waals surface area contributed by atoms with Gasteiger partial charge in [-0.3, -0.25) is 14.6 Å². The number of aliphatic imine (C=N–C) groups is 1. The zero-order valence-corrected chi connectivity index (χ0v) is 19.3. The number of nitrogens with zero attached hydrogens (tertiary/aromatic N) is 1. The molecule has 3 unspecified atom stereocenters. The van der Waals surface area contributed by atoms with Gasteiger partial charge in [0.25, 0.3) is 0 Å². The van der Waals surface area contributed by atoms with Gasteiger partial charge in [0.15, 0.2) is 5.96 Å². The van der Waals surface area contributed by atoms with Crippen LogP contribution in [0.2, 0.25) is 0 Å². The van der Waals surface area contributed by atoms with Crippen molar-refractivity contribution < 1.29 is 24.6 Å². The van der Waals surface area contributed by atoms with Gasteiger partial charge in [-0.15, -0.1) is 0 Å². The zero-order chi connectivity index (χ0) is 25.8. The zero-order valence-electron chi connectivity index (χ0n) is 19.3. The van der Waals surface area contributed by atoms with Crippen LogP contribution in [0.15, 0.2) is 59.6 Å². The summed E-state index contributed by atoms with van der Waals surface area (Å²) < 4.78 is 0. The van der Waals surface area contributed by atoms with Crippen molar-refractivity contribution in [2.24, 2.45) is 22.2 Å². The van der Waals surface area contributed by atoms with Crippen LogP contribution >= 0.6 is 0 Å². The highest BCUT2D eigenvalue weighted by atomic mass is 16.4. The number of hydrogen-bond donors (Lipinski definition) is 7. The van der Waals surface area contributed by atoms with Crippen molar-refractivity contribution >= 4 is 23.7 Å². The molecule has 11 heteroatoms. The maximum absolute atomic E-state index is 13.0. The predicted octanol–water partition coefficient (Wildman–Crippen LogP) is -0.387. The highest BCUT2D eigenvalue weighted by molar-refractivity contribution is 5.92. The Morgan fingerprint density at radius 3 is 2.06 bits per heavy atom. The third kappa shape index (κ3) is 9.72. The molecule has 10 N–H and O–H groups in total. The Kier molecular flexibility index (Phi) is 10.5. The molecule has 0 radical (unpaired) electrons. The maximum Gasteiger partial charge on any atom is 0.326 e. The number of carboxylic acids is 1. The van der Waals surface area contributed by atoms with E-state index in [4.69, 9.17) is 17.2 Å². The number of rotatable bonds is 13. The molecule has 188 valence electrons. The van der Waals surface area contributed by atoms with E-state index >= 15 is 0 Å². The van der Waals surface area contributed by atoms with Crippen LogP contribution in [0, 0.1) is 0 Å². The molecular weight excluding hydrogens is 452 g/mol. The third-order valence-electron chi connectivity index (χ3n) is 5.20. The Hall–Kier alpha value is -4.12. The average molecular weight is 485 g/mol. The van der Waals surface area contributed by atoms with Gasteiger partial charge in [-0.05, 0) is 42.5 Å². The van der Waals surface area contributed by atoms with E-state index in [0.717, 1.165) is 5.56 Å². The molecule has 0 heterocycles. The summed E-state index contributed by atoms with van der Waals surface area (Å²) in [6.07, 6.45) is 0.746. The van der Waals surface area contributed by atoms with Crippen molar-refractivity contribution in [2.75, 3.05) is 6.54 Å². The van der Waals surface area contributed by atoms with E-state index in [1.807, 2.05) is 30.3 Å². The number of carboxylic acid groups (broad SMARTS) is 1. The van der Waals surface area contributed by atoms with Crippen LogP contribution in [-0.2, 0) is 27.2 Å². The second-order valence-electron chi connectivity index (χ2n) is 8.08. The summed E-state index contributed by atoms with van der Waals surface area (Å²) in [4.78, 5) is 41.3. The van der Waals surface area contributed by atoms with Gasteiger partial charge in [-0.2, -0.15) is 0 Å². The molecule has 0 aliphatic carbocycles. The second kappa shape index (κ2) is 13.6. The molecule has 2 rings (SSSR count). The molecule has 11 nitrogen and oxygen atoms in total. The predicted molar refractivity (Wildman–Crippen MR) is 131 cm³/mol. The fourth-order valence-electron chi connectivity index (χ4n) is 3.35. The number of aromatic hydroxyl groups is 1. The summed E-state index contributed by atoms with van der Waals surface area (Å²) in [5, 5.41) is 24.2. The summed E-state index contributed by atoms with van der Waals surface area (Å²) in [5.74, 6) is -2.50. The number of phenols is 1. The third-order valence-corrected chi connectivity index (χ3v) is 5.20. The van der Waals surface area contributed by atoms with Crippen LogP contribution in [0.1, 0.15) is 24.0 Å². The first-order valence-electron chi connectivity index (χ1n) is 11.1. The van der Waals surface area contributed by atoms with Gasteiger partial charge >= 0.3 is 5.97 Å². The lowest BCUT2D eigenvalue weighted by Gasteiger charge is -2.23. The smallest absolute Gasteiger partial charge is 0.326 e. The van der Waals surface area contributed by atoms with Gasteiger partial charge < -0.3 is 38.0 Å². The van der Waals surface area contributed by atoms with E-state index < -0.39 is 35.9 Å². The Morgan fingerprint density at radius 2 is 1.46 bits per heavy atom. The number of carbonyl (C=O) groups excluding carboxylic acids is 2. The minimum absolute atomic E-state index is 0.0513. The van der Waals surface area contributed by atoms with Gasteiger partial charge in [-0.25, -0.2) is 4.79 Å². The van der Waals surface area contributed by atoms with E-state index in [0.29, 0.717) is 12.0 Å². The molecule has 0 fully saturated rings. The van der Waals surface area contributed by atoms with Crippen LogP contribution < -0.4 is 27.8 Å². The first-order chi connectivity index (χ1) is 16.7. The molecule has 2 amide bonds. The monoisotopic (exact) mass is 484 g/mol. The number of phenolic OH excluding ortho intramolecular Hbond substituents is 1. The lowest BCUT2D eigenvalue weighted by Crippen LogP contribution is -2.55. The number of nitrogens with two attached hydrogens (primary N) is 3. The van der Waals surface area contributed by atoms with E-state index in [1.54, 1.807) is 12.1 Å². The molecule has 2 aromatic carbocycles. The van der Waals surface area contributed by atoms with Crippen LogP contribution in [0.25, 0.3) is 0 Å². The number of hydrogen-bond acceptors (Lipinski definition) is 6. The fraction of sp³-hybridized carbons (Fsp3) is 0.333. The van der Waals surface area contributed by atoms with Crippen LogP contribution in [-0.4, -0.2) is 58.6 Å². The molecule has 0 aliphatic rings. The molecular formula is C24H32N6O5. The molecule has 0 aromatic heterocycles. The topological polar surface area (TPSA) is 206 Å². The largest absolute Gasteiger partial charge is 0.508 e.